The zero-order valence-corrected chi connectivity index (χ0v) is 10.4. The maximum atomic E-state index is 11.7. The third kappa shape index (κ3) is 3.11. The van der Waals surface area contributed by atoms with E-state index in [2.05, 4.69) is 0 Å². The number of hydrogen-bond acceptors (Lipinski definition) is 5. The Bertz CT molecular complexity index is 654. The van der Waals surface area contributed by atoms with Gasteiger partial charge in [0, 0.05) is 6.07 Å². The lowest BCUT2D eigenvalue weighted by Crippen LogP contribution is -2.06. The summed E-state index contributed by atoms with van der Waals surface area (Å²) in [5.74, 6) is -0.704. The van der Waals surface area contributed by atoms with Gasteiger partial charge in [0.2, 0.25) is 0 Å². The molecule has 1 N–H and O–H groups in total. The third-order valence-corrected chi connectivity index (χ3v) is 2.63. The van der Waals surface area contributed by atoms with Gasteiger partial charge < -0.3 is 9.84 Å². The summed E-state index contributed by atoms with van der Waals surface area (Å²) in [6.45, 7) is -0.203. The molecule has 0 fully saturated rings. The summed E-state index contributed by atoms with van der Waals surface area (Å²) in [5, 5.41) is 20.1. The summed E-state index contributed by atoms with van der Waals surface area (Å²) >= 11 is 0. The van der Waals surface area contributed by atoms with Crippen LogP contribution in [-0.4, -0.2) is 16.0 Å². The second-order valence-electron chi connectivity index (χ2n) is 4.01. The second kappa shape index (κ2) is 5.83. The average molecular weight is 273 g/mol. The molecule has 0 aromatic heterocycles. The monoisotopic (exact) mass is 273 g/mol. The highest BCUT2D eigenvalue weighted by atomic mass is 16.6. The van der Waals surface area contributed by atoms with Gasteiger partial charge in [0.25, 0.3) is 5.69 Å². The van der Waals surface area contributed by atoms with Crippen molar-refractivity contribution in [3.63, 3.8) is 0 Å². The van der Waals surface area contributed by atoms with Crippen LogP contribution in [0.2, 0.25) is 0 Å². The smallest absolute Gasteiger partial charge is 0.338 e. The number of nitrogens with zero attached hydrogens (tertiary/aromatic N) is 1. The summed E-state index contributed by atoms with van der Waals surface area (Å²) in [5.41, 5.74) is 0.394. The molecule has 0 radical (unpaired) electrons. The van der Waals surface area contributed by atoms with Crippen LogP contribution in [-0.2, 0) is 11.3 Å². The molecule has 2 aromatic rings. The van der Waals surface area contributed by atoms with E-state index in [-0.39, 0.29) is 23.6 Å². The molecule has 0 spiro atoms. The molecular weight excluding hydrogens is 262 g/mol. The predicted octanol–water partition coefficient (Wildman–Crippen LogP) is 2.66. The zero-order valence-electron chi connectivity index (χ0n) is 10.4. The van der Waals surface area contributed by atoms with E-state index in [4.69, 9.17) is 4.74 Å². The number of hydrogen-bond donors (Lipinski definition) is 1. The Morgan fingerprint density at radius 2 is 1.95 bits per heavy atom. The molecule has 0 unspecified atom stereocenters. The van der Waals surface area contributed by atoms with E-state index in [0.29, 0.717) is 5.56 Å². The molecule has 102 valence electrons. The highest BCUT2D eigenvalue weighted by molar-refractivity contribution is 5.89. The molecule has 2 rings (SSSR count). The fraction of sp³-hybridized carbons (Fsp3) is 0.0714. The van der Waals surface area contributed by atoms with Crippen LogP contribution < -0.4 is 0 Å². The Morgan fingerprint density at radius 3 is 2.65 bits per heavy atom. The van der Waals surface area contributed by atoms with E-state index in [9.17, 15) is 20.0 Å². The van der Waals surface area contributed by atoms with E-state index < -0.39 is 10.9 Å². The number of rotatable bonds is 4. The fourth-order valence-electron chi connectivity index (χ4n) is 1.67. The van der Waals surface area contributed by atoms with Crippen molar-refractivity contribution in [2.45, 2.75) is 6.61 Å². The van der Waals surface area contributed by atoms with Crippen molar-refractivity contribution in [1.82, 2.24) is 0 Å². The van der Waals surface area contributed by atoms with Gasteiger partial charge in [-0.1, -0.05) is 18.2 Å². The molecule has 0 aliphatic heterocycles. The number of esters is 1. The maximum Gasteiger partial charge on any atom is 0.338 e. The van der Waals surface area contributed by atoms with Gasteiger partial charge in [-0.05, 0) is 24.3 Å². The Labute approximate surface area is 114 Å². The number of aromatic hydroxyl groups is 1. The van der Waals surface area contributed by atoms with E-state index >= 15 is 0 Å². The number of ether oxygens (including phenoxy) is 1. The molecule has 20 heavy (non-hydrogen) atoms. The van der Waals surface area contributed by atoms with Crippen molar-refractivity contribution in [1.29, 1.82) is 0 Å². The Balaban J connectivity index is 2.09. The van der Waals surface area contributed by atoms with Gasteiger partial charge in [0.15, 0.2) is 0 Å². The molecule has 0 amide bonds. The van der Waals surface area contributed by atoms with Gasteiger partial charge in [-0.2, -0.15) is 0 Å². The van der Waals surface area contributed by atoms with Crippen LogP contribution in [0.3, 0.4) is 0 Å². The zero-order chi connectivity index (χ0) is 14.5. The first-order valence-electron chi connectivity index (χ1n) is 5.76. The van der Waals surface area contributed by atoms with Crippen LogP contribution in [0.15, 0.2) is 48.5 Å². The standard InChI is InChI=1S/C14H11NO5/c16-12-6-3-5-10(8-12)14(17)20-9-11-4-1-2-7-13(11)15(18)19/h1-8,16H,9H2. The lowest BCUT2D eigenvalue weighted by molar-refractivity contribution is -0.385. The normalized spacial score (nSPS) is 10.0. The van der Waals surface area contributed by atoms with E-state index in [0.717, 1.165) is 0 Å². The lowest BCUT2D eigenvalue weighted by atomic mass is 10.2. The minimum atomic E-state index is -0.654. The van der Waals surface area contributed by atoms with Crippen molar-refractivity contribution in [3.8, 4) is 5.75 Å². The highest BCUT2D eigenvalue weighted by Crippen LogP contribution is 2.19. The van der Waals surface area contributed by atoms with E-state index in [1.807, 2.05) is 0 Å². The number of carbonyl (C=O) groups excluding carboxylic acids is 1. The van der Waals surface area contributed by atoms with Crippen molar-refractivity contribution in [2.24, 2.45) is 0 Å². The molecule has 0 saturated carbocycles. The number of carbonyl (C=O) groups is 1. The lowest BCUT2D eigenvalue weighted by Gasteiger charge is -2.05. The molecular formula is C14H11NO5. The minimum absolute atomic E-state index is 0.0508. The average Bonchev–Trinajstić information content (AvgIpc) is 2.45. The quantitative estimate of drug-likeness (QED) is 0.525. The van der Waals surface area contributed by atoms with Crippen LogP contribution >= 0.6 is 0 Å². The van der Waals surface area contributed by atoms with Crippen LogP contribution in [0.25, 0.3) is 0 Å². The summed E-state index contributed by atoms with van der Waals surface area (Å²) in [4.78, 5) is 22.0. The first-order chi connectivity index (χ1) is 9.58. The third-order valence-electron chi connectivity index (χ3n) is 2.63. The van der Waals surface area contributed by atoms with Crippen LogP contribution in [0, 0.1) is 10.1 Å². The number of benzene rings is 2. The van der Waals surface area contributed by atoms with E-state index in [1.54, 1.807) is 12.1 Å². The topological polar surface area (TPSA) is 89.7 Å². The Hall–Kier alpha value is -2.89. The van der Waals surface area contributed by atoms with Crippen LogP contribution in [0.4, 0.5) is 5.69 Å². The van der Waals surface area contributed by atoms with Gasteiger partial charge in [-0.3, -0.25) is 10.1 Å². The molecule has 6 nitrogen and oxygen atoms in total. The van der Waals surface area contributed by atoms with Crippen molar-refractivity contribution in [3.05, 3.63) is 69.8 Å². The van der Waals surface area contributed by atoms with Crippen molar-refractivity contribution in [2.75, 3.05) is 0 Å². The van der Waals surface area contributed by atoms with Crippen molar-refractivity contribution < 1.29 is 19.6 Å². The molecule has 0 bridgehead atoms. The number of para-hydroxylation sites is 1. The van der Waals surface area contributed by atoms with Gasteiger partial charge in [0.1, 0.15) is 12.4 Å². The largest absolute Gasteiger partial charge is 0.508 e. The van der Waals surface area contributed by atoms with Gasteiger partial charge in [-0.25, -0.2) is 4.79 Å². The number of phenols is 1. The van der Waals surface area contributed by atoms with Crippen LogP contribution in [0.5, 0.6) is 5.75 Å². The molecule has 0 aliphatic carbocycles. The number of phenolic OH excluding ortho intramolecular Hbond substituents is 1. The van der Waals surface area contributed by atoms with Gasteiger partial charge >= 0.3 is 5.97 Å². The summed E-state index contributed by atoms with van der Waals surface area (Å²) in [6, 6.07) is 11.7. The van der Waals surface area contributed by atoms with Gasteiger partial charge in [0.05, 0.1) is 16.1 Å². The molecule has 0 aliphatic rings. The maximum absolute atomic E-state index is 11.7. The molecule has 0 saturated heterocycles. The van der Waals surface area contributed by atoms with E-state index in [1.165, 1.54) is 36.4 Å². The highest BCUT2D eigenvalue weighted by Gasteiger charge is 2.15. The predicted molar refractivity (Wildman–Crippen MR) is 70.3 cm³/mol. The Morgan fingerprint density at radius 1 is 1.20 bits per heavy atom. The SMILES string of the molecule is O=C(OCc1ccccc1[N+](=O)[O-])c1cccc(O)c1. The van der Waals surface area contributed by atoms with Crippen LogP contribution in [0.1, 0.15) is 15.9 Å². The summed E-state index contributed by atoms with van der Waals surface area (Å²) in [6.07, 6.45) is 0. The molecule has 0 heterocycles. The number of nitro benzene ring substituents is 1. The minimum Gasteiger partial charge on any atom is -0.508 e. The molecule has 6 heteroatoms. The Kier molecular flexibility index (Phi) is 3.95. The fourth-order valence-corrected chi connectivity index (χ4v) is 1.67. The van der Waals surface area contributed by atoms with Gasteiger partial charge in [-0.15, -0.1) is 0 Å². The number of nitro groups is 1. The first kappa shape index (κ1) is 13.5. The second-order valence-corrected chi connectivity index (χ2v) is 4.01. The first-order valence-corrected chi connectivity index (χ1v) is 5.76. The van der Waals surface area contributed by atoms with Crippen molar-refractivity contribution >= 4 is 11.7 Å². The summed E-state index contributed by atoms with van der Waals surface area (Å²) < 4.78 is 5.01. The molecule has 2 aromatic carbocycles. The molecule has 0 atom stereocenters. The summed E-state index contributed by atoms with van der Waals surface area (Å²) in [7, 11) is 0.